The van der Waals surface area contributed by atoms with Gasteiger partial charge in [-0.1, -0.05) is 23.5 Å². The first-order chi connectivity index (χ1) is 12.8. The maximum absolute atomic E-state index is 5.67. The zero-order valence-electron chi connectivity index (χ0n) is 14.5. The molecule has 0 aliphatic rings. The van der Waals surface area contributed by atoms with Gasteiger partial charge < -0.3 is 14.5 Å². The van der Waals surface area contributed by atoms with Crippen LogP contribution in [0.2, 0.25) is 0 Å². The van der Waals surface area contributed by atoms with Gasteiger partial charge in [0.2, 0.25) is 0 Å². The lowest BCUT2D eigenvalue weighted by molar-refractivity contribution is 0.103. The molecule has 1 atom stereocenters. The van der Waals surface area contributed by atoms with Crippen molar-refractivity contribution in [1.29, 1.82) is 0 Å². The highest BCUT2D eigenvalue weighted by Gasteiger charge is 2.18. The van der Waals surface area contributed by atoms with Gasteiger partial charge in [-0.2, -0.15) is 0 Å². The Labute approximate surface area is 154 Å². The van der Waals surface area contributed by atoms with E-state index in [1.165, 1.54) is 0 Å². The second-order valence-electron chi connectivity index (χ2n) is 5.86. The fourth-order valence-electron chi connectivity index (χ4n) is 2.83. The maximum Gasteiger partial charge on any atom is 0.147 e. The fraction of sp³-hybridized carbons (Fsp3) is 0.211. The van der Waals surface area contributed by atoms with Gasteiger partial charge in [0.25, 0.3) is 0 Å². The second-order valence-corrected chi connectivity index (χ2v) is 6.87. The number of rotatable bonds is 6. The molecule has 1 unspecified atom stereocenters. The predicted octanol–water partition coefficient (Wildman–Crippen LogP) is 4.02. The molecule has 6 nitrogen and oxygen atoms in total. The molecule has 4 rings (SSSR count). The van der Waals surface area contributed by atoms with Crippen LogP contribution in [-0.2, 0) is 11.2 Å². The van der Waals surface area contributed by atoms with Gasteiger partial charge in [0.15, 0.2) is 0 Å². The van der Waals surface area contributed by atoms with Crippen LogP contribution in [-0.4, -0.2) is 34.4 Å². The van der Waals surface area contributed by atoms with E-state index < -0.39 is 0 Å². The van der Waals surface area contributed by atoms with Gasteiger partial charge in [-0.3, -0.25) is 0 Å². The zero-order valence-corrected chi connectivity index (χ0v) is 15.3. The minimum Gasteiger partial charge on any atom is -0.497 e. The summed E-state index contributed by atoms with van der Waals surface area (Å²) in [5.41, 5.74) is 4.06. The highest BCUT2D eigenvalue weighted by molar-refractivity contribution is 7.14. The van der Waals surface area contributed by atoms with Gasteiger partial charge in [0, 0.05) is 19.1 Å². The van der Waals surface area contributed by atoms with Crippen molar-refractivity contribution in [2.24, 2.45) is 0 Å². The first kappa shape index (κ1) is 16.7. The normalized spacial score (nSPS) is 12.4. The molecule has 0 saturated carbocycles. The van der Waals surface area contributed by atoms with Crippen molar-refractivity contribution < 1.29 is 9.47 Å². The van der Waals surface area contributed by atoms with Crippen LogP contribution >= 0.6 is 11.3 Å². The average Bonchev–Trinajstić information content (AvgIpc) is 3.35. The number of aromatic nitrogens is 4. The molecule has 0 aliphatic heterocycles. The molecule has 7 heteroatoms. The van der Waals surface area contributed by atoms with Crippen molar-refractivity contribution >= 4 is 22.4 Å². The minimum absolute atomic E-state index is 0.150. The molecule has 4 aromatic rings. The smallest absolute Gasteiger partial charge is 0.147 e. The summed E-state index contributed by atoms with van der Waals surface area (Å²) in [4.78, 5) is 7.39. The minimum atomic E-state index is -0.150. The lowest BCUT2D eigenvalue weighted by atomic mass is 10.1. The Morgan fingerprint density at radius 3 is 2.88 bits per heavy atom. The number of ether oxygens (including phenoxy) is 2. The number of methoxy groups -OCH3 is 2. The molecule has 2 heterocycles. The Morgan fingerprint density at radius 2 is 2.04 bits per heavy atom. The molecule has 26 heavy (non-hydrogen) atoms. The average molecular weight is 366 g/mol. The first-order valence-electron chi connectivity index (χ1n) is 8.19. The van der Waals surface area contributed by atoms with Crippen molar-refractivity contribution in [2.75, 3.05) is 14.2 Å². The van der Waals surface area contributed by atoms with Gasteiger partial charge in [0.05, 0.1) is 24.5 Å². The molecule has 0 radical (unpaired) electrons. The van der Waals surface area contributed by atoms with Crippen LogP contribution in [0.1, 0.15) is 16.7 Å². The molecular formula is C19H18N4O2S. The van der Waals surface area contributed by atoms with Gasteiger partial charge in [0.1, 0.15) is 21.9 Å². The number of H-pyrrole nitrogens is 1. The van der Waals surface area contributed by atoms with Crippen molar-refractivity contribution in [3.63, 3.8) is 0 Å². The largest absolute Gasteiger partial charge is 0.497 e. The van der Waals surface area contributed by atoms with Crippen LogP contribution in [0.15, 0.2) is 48.8 Å². The van der Waals surface area contributed by atoms with Gasteiger partial charge in [-0.05, 0) is 35.9 Å². The zero-order chi connectivity index (χ0) is 17.9. The summed E-state index contributed by atoms with van der Waals surface area (Å²) in [6.45, 7) is 0. The Morgan fingerprint density at radius 1 is 1.12 bits per heavy atom. The van der Waals surface area contributed by atoms with Crippen molar-refractivity contribution in [2.45, 2.75) is 12.5 Å². The van der Waals surface area contributed by atoms with Crippen LogP contribution in [0.25, 0.3) is 21.6 Å². The molecule has 0 bridgehead atoms. The molecule has 0 fully saturated rings. The number of hydrogen-bond acceptors (Lipinski definition) is 6. The van der Waals surface area contributed by atoms with E-state index in [9.17, 15) is 0 Å². The molecule has 0 spiro atoms. The third kappa shape index (κ3) is 3.31. The van der Waals surface area contributed by atoms with Gasteiger partial charge in [-0.25, -0.2) is 4.98 Å². The molecule has 0 saturated heterocycles. The Bertz CT molecular complexity index is 1030. The summed E-state index contributed by atoms with van der Waals surface area (Å²) < 4.78 is 11.0. The van der Waals surface area contributed by atoms with E-state index in [0.29, 0.717) is 6.42 Å². The van der Waals surface area contributed by atoms with Crippen LogP contribution in [0.5, 0.6) is 5.75 Å². The molecule has 2 aromatic heterocycles. The molecule has 1 N–H and O–H groups in total. The Balaban J connectivity index is 1.58. The van der Waals surface area contributed by atoms with Gasteiger partial charge >= 0.3 is 0 Å². The van der Waals surface area contributed by atoms with Crippen LogP contribution in [0, 0.1) is 0 Å². The van der Waals surface area contributed by atoms with E-state index in [1.54, 1.807) is 31.9 Å². The van der Waals surface area contributed by atoms with Gasteiger partial charge in [-0.15, -0.1) is 10.2 Å². The van der Waals surface area contributed by atoms with Crippen LogP contribution in [0.4, 0.5) is 0 Å². The molecular weight excluding hydrogens is 348 g/mol. The van der Waals surface area contributed by atoms with E-state index in [2.05, 4.69) is 26.2 Å². The molecule has 0 amide bonds. The quantitative estimate of drug-likeness (QED) is 0.558. The number of hydrogen-bond donors (Lipinski definition) is 1. The van der Waals surface area contributed by atoms with E-state index in [0.717, 1.165) is 37.9 Å². The summed E-state index contributed by atoms with van der Waals surface area (Å²) in [7, 11) is 3.36. The summed E-state index contributed by atoms with van der Waals surface area (Å²) in [6, 6.07) is 14.0. The maximum atomic E-state index is 5.67. The SMILES string of the molecule is COc1cccc(CC(OC)c2nnc(-c3ccc4[nH]cnc4c3)s2)c1. The van der Waals surface area contributed by atoms with Crippen molar-refractivity contribution in [3.05, 3.63) is 59.4 Å². The van der Waals surface area contributed by atoms with E-state index in [1.807, 2.05) is 36.4 Å². The number of imidazole rings is 1. The van der Waals surface area contributed by atoms with Crippen LogP contribution in [0.3, 0.4) is 0 Å². The number of benzene rings is 2. The number of nitrogens with one attached hydrogen (secondary N) is 1. The van der Waals surface area contributed by atoms with Crippen molar-refractivity contribution in [1.82, 2.24) is 20.2 Å². The summed E-state index contributed by atoms with van der Waals surface area (Å²) >= 11 is 1.54. The molecule has 2 aromatic carbocycles. The van der Waals surface area contributed by atoms with E-state index in [4.69, 9.17) is 9.47 Å². The molecule has 0 aliphatic carbocycles. The highest BCUT2D eigenvalue weighted by Crippen LogP contribution is 2.31. The Hall–Kier alpha value is -2.77. The fourth-order valence-corrected chi connectivity index (χ4v) is 3.75. The van der Waals surface area contributed by atoms with E-state index >= 15 is 0 Å². The third-order valence-corrected chi connectivity index (χ3v) is 5.29. The molecule has 132 valence electrons. The lowest BCUT2D eigenvalue weighted by Crippen LogP contribution is -2.05. The van der Waals surface area contributed by atoms with Crippen LogP contribution < -0.4 is 4.74 Å². The number of aromatic amines is 1. The topological polar surface area (TPSA) is 72.9 Å². The summed E-state index contributed by atoms with van der Waals surface area (Å²) in [6.07, 6.45) is 2.25. The third-order valence-electron chi connectivity index (χ3n) is 4.22. The standard InChI is InChI=1S/C19H18N4O2S/c1-24-14-5-3-4-12(8-14)9-17(25-2)19-23-22-18(26-19)13-6-7-15-16(10-13)21-11-20-15/h3-8,10-11,17H,9H2,1-2H3,(H,20,21). The monoisotopic (exact) mass is 366 g/mol. The van der Waals surface area contributed by atoms with Crippen molar-refractivity contribution in [3.8, 4) is 16.3 Å². The first-order valence-corrected chi connectivity index (χ1v) is 9.01. The Kier molecular flexibility index (Phi) is 4.64. The summed E-state index contributed by atoms with van der Waals surface area (Å²) in [5.74, 6) is 0.836. The van der Waals surface area contributed by atoms with E-state index in [-0.39, 0.29) is 6.10 Å². The lowest BCUT2D eigenvalue weighted by Gasteiger charge is -2.12. The number of nitrogens with zero attached hydrogens (tertiary/aromatic N) is 3. The summed E-state index contributed by atoms with van der Waals surface area (Å²) in [5, 5.41) is 10.4. The second kappa shape index (κ2) is 7.23. The predicted molar refractivity (Wildman–Crippen MR) is 101 cm³/mol. The number of fused-ring (bicyclic) bond motifs is 1. The highest BCUT2D eigenvalue weighted by atomic mass is 32.1.